The van der Waals surface area contributed by atoms with E-state index in [0.29, 0.717) is 23.6 Å². The molecule has 1 amide bonds. The second kappa shape index (κ2) is 6.70. The number of alkyl halides is 1. The minimum Gasteiger partial charge on any atom is -0.444 e. The molecule has 1 saturated carbocycles. The van der Waals surface area contributed by atoms with Crippen molar-refractivity contribution in [1.29, 1.82) is 0 Å². The van der Waals surface area contributed by atoms with Gasteiger partial charge in [0.25, 0.3) is 5.56 Å². The average molecular weight is 361 g/mol. The zero-order chi connectivity index (χ0) is 18.9. The van der Waals surface area contributed by atoms with Gasteiger partial charge >= 0.3 is 6.09 Å². The van der Waals surface area contributed by atoms with Crippen LogP contribution in [0.2, 0.25) is 0 Å². The van der Waals surface area contributed by atoms with E-state index in [-0.39, 0.29) is 30.1 Å². The molecule has 26 heavy (non-hydrogen) atoms. The Balaban J connectivity index is 1.74. The van der Waals surface area contributed by atoms with E-state index < -0.39 is 17.4 Å². The zero-order valence-corrected chi connectivity index (χ0v) is 15.3. The third kappa shape index (κ3) is 3.86. The number of ether oxygens (including phenoxy) is 1. The molecule has 0 atom stereocenters. The van der Waals surface area contributed by atoms with Crippen molar-refractivity contribution in [3.05, 3.63) is 40.3 Å². The molecule has 2 N–H and O–H groups in total. The lowest BCUT2D eigenvalue weighted by Gasteiger charge is -2.34. The van der Waals surface area contributed by atoms with Gasteiger partial charge in [0.2, 0.25) is 0 Å². The van der Waals surface area contributed by atoms with Crippen molar-refractivity contribution >= 4 is 16.9 Å². The number of hydrogen-bond acceptors (Lipinski definition) is 4. The van der Waals surface area contributed by atoms with Gasteiger partial charge in [0.05, 0.1) is 5.39 Å². The third-order valence-electron chi connectivity index (χ3n) is 4.62. The second-order valence-corrected chi connectivity index (χ2v) is 7.83. The van der Waals surface area contributed by atoms with Crippen molar-refractivity contribution in [3.63, 3.8) is 0 Å². The number of hydrogen-bond donors (Lipinski definition) is 2. The third-order valence-corrected chi connectivity index (χ3v) is 4.62. The van der Waals surface area contributed by atoms with Gasteiger partial charge in [-0.3, -0.25) is 4.79 Å². The Morgan fingerprint density at radius 2 is 1.88 bits per heavy atom. The molecule has 0 spiro atoms. The highest BCUT2D eigenvalue weighted by Crippen LogP contribution is 2.41. The fraction of sp³-hybridized carbons (Fsp3) is 0.526. The molecule has 1 aliphatic rings. The molecule has 140 valence electrons. The Morgan fingerprint density at radius 1 is 1.27 bits per heavy atom. The largest absolute Gasteiger partial charge is 0.444 e. The fourth-order valence-electron chi connectivity index (χ4n) is 3.39. The first-order chi connectivity index (χ1) is 12.2. The van der Waals surface area contributed by atoms with Gasteiger partial charge < -0.3 is 10.1 Å². The number of nitrogens with one attached hydrogen (secondary N) is 2. The van der Waals surface area contributed by atoms with Crippen LogP contribution in [0.15, 0.2) is 29.1 Å². The Kier molecular flexibility index (Phi) is 4.73. The SMILES string of the molecule is CC(C)(C)OC(=O)NC1CCC(F)(c2n[nH]c(=O)c3ccccc23)CC1. The summed E-state index contributed by atoms with van der Waals surface area (Å²) in [5, 5.41) is 10.2. The fourth-order valence-corrected chi connectivity index (χ4v) is 3.39. The molecule has 1 aliphatic carbocycles. The number of nitrogens with zero attached hydrogens (tertiary/aromatic N) is 1. The van der Waals surface area contributed by atoms with Crippen LogP contribution in [0, 0.1) is 0 Å². The minimum atomic E-state index is -1.63. The number of alkyl carbamates (subject to hydrolysis) is 1. The van der Waals surface area contributed by atoms with Crippen molar-refractivity contribution in [3.8, 4) is 0 Å². The first kappa shape index (κ1) is 18.4. The highest BCUT2D eigenvalue weighted by Gasteiger charge is 2.40. The number of carbonyl (C=O) groups is 1. The Labute approximate surface area is 151 Å². The molecule has 1 fully saturated rings. The van der Waals surface area contributed by atoms with E-state index >= 15 is 4.39 Å². The first-order valence-corrected chi connectivity index (χ1v) is 8.84. The van der Waals surface area contributed by atoms with Gasteiger partial charge in [-0.15, -0.1) is 0 Å². The number of halogens is 1. The van der Waals surface area contributed by atoms with E-state index in [0.717, 1.165) is 0 Å². The van der Waals surface area contributed by atoms with Crippen LogP contribution in [0.1, 0.15) is 52.1 Å². The lowest BCUT2D eigenvalue weighted by molar-refractivity contribution is 0.0425. The van der Waals surface area contributed by atoms with E-state index in [9.17, 15) is 9.59 Å². The number of amides is 1. The number of rotatable bonds is 2. The van der Waals surface area contributed by atoms with E-state index in [1.54, 1.807) is 45.0 Å². The van der Waals surface area contributed by atoms with E-state index in [2.05, 4.69) is 15.5 Å². The van der Waals surface area contributed by atoms with Crippen LogP contribution < -0.4 is 10.9 Å². The average Bonchev–Trinajstić information content (AvgIpc) is 2.56. The van der Waals surface area contributed by atoms with E-state index in [1.807, 2.05) is 0 Å². The van der Waals surface area contributed by atoms with E-state index in [1.165, 1.54) is 0 Å². The summed E-state index contributed by atoms with van der Waals surface area (Å²) in [7, 11) is 0. The Hall–Kier alpha value is -2.44. The van der Waals surface area contributed by atoms with Crippen LogP contribution in [-0.2, 0) is 10.4 Å². The van der Waals surface area contributed by atoms with Gasteiger partial charge in [0.15, 0.2) is 5.67 Å². The number of fused-ring (bicyclic) bond motifs is 1. The van der Waals surface area contributed by atoms with Gasteiger partial charge in [0.1, 0.15) is 11.3 Å². The number of aromatic nitrogens is 2. The molecule has 1 aromatic carbocycles. The van der Waals surface area contributed by atoms with Gasteiger partial charge in [0, 0.05) is 11.4 Å². The summed E-state index contributed by atoms with van der Waals surface area (Å²) in [4.78, 5) is 23.8. The summed E-state index contributed by atoms with van der Waals surface area (Å²) in [5.74, 6) is 0. The molecule has 1 aromatic heterocycles. The highest BCUT2D eigenvalue weighted by molar-refractivity contribution is 5.84. The lowest BCUT2D eigenvalue weighted by Crippen LogP contribution is -2.43. The van der Waals surface area contributed by atoms with Gasteiger partial charge in [-0.1, -0.05) is 18.2 Å². The number of H-pyrrole nitrogens is 1. The second-order valence-electron chi connectivity index (χ2n) is 7.83. The molecular formula is C19H24FN3O3. The maximum absolute atomic E-state index is 15.6. The summed E-state index contributed by atoms with van der Waals surface area (Å²) in [5.41, 5.74) is -2.26. The molecular weight excluding hydrogens is 337 g/mol. The monoisotopic (exact) mass is 361 g/mol. The van der Waals surface area contributed by atoms with Crippen LogP contribution >= 0.6 is 0 Å². The topological polar surface area (TPSA) is 84.1 Å². The van der Waals surface area contributed by atoms with Gasteiger partial charge in [-0.05, 0) is 52.5 Å². The molecule has 1 heterocycles. The van der Waals surface area contributed by atoms with E-state index in [4.69, 9.17) is 4.74 Å². The highest BCUT2D eigenvalue weighted by atomic mass is 19.1. The van der Waals surface area contributed by atoms with Crippen molar-refractivity contribution in [1.82, 2.24) is 15.5 Å². The normalized spacial score (nSPS) is 23.6. The quantitative estimate of drug-likeness (QED) is 0.857. The number of aromatic amines is 1. The molecule has 0 aliphatic heterocycles. The molecule has 6 nitrogen and oxygen atoms in total. The Morgan fingerprint density at radius 3 is 2.50 bits per heavy atom. The van der Waals surface area contributed by atoms with Crippen molar-refractivity contribution in [2.24, 2.45) is 0 Å². The molecule has 0 bridgehead atoms. The smallest absolute Gasteiger partial charge is 0.407 e. The molecule has 3 rings (SSSR count). The van der Waals surface area contributed by atoms with Gasteiger partial charge in [-0.2, -0.15) is 5.10 Å². The summed E-state index contributed by atoms with van der Waals surface area (Å²) < 4.78 is 20.9. The number of benzene rings is 1. The summed E-state index contributed by atoms with van der Waals surface area (Å²) in [6, 6.07) is 6.76. The number of carbonyl (C=O) groups excluding carboxylic acids is 1. The molecule has 0 saturated heterocycles. The minimum absolute atomic E-state index is 0.136. The predicted molar refractivity (Wildman–Crippen MR) is 96.8 cm³/mol. The first-order valence-electron chi connectivity index (χ1n) is 8.84. The zero-order valence-electron chi connectivity index (χ0n) is 15.3. The maximum Gasteiger partial charge on any atom is 0.407 e. The Bertz CT molecular complexity index is 864. The van der Waals surface area contributed by atoms with Crippen molar-refractivity contribution < 1.29 is 13.9 Å². The predicted octanol–water partition coefficient (Wildman–Crippen LogP) is 3.56. The lowest BCUT2D eigenvalue weighted by atomic mass is 9.80. The van der Waals surface area contributed by atoms with Crippen molar-refractivity contribution in [2.75, 3.05) is 0 Å². The molecule has 7 heteroatoms. The summed E-state index contributed by atoms with van der Waals surface area (Å²) >= 11 is 0. The standard InChI is InChI=1S/C19H24FN3O3/c1-18(2,3)26-17(25)21-12-8-10-19(20,11-9-12)15-13-6-4-5-7-14(13)16(24)23-22-15/h4-7,12H,8-11H2,1-3H3,(H,21,25)(H,23,24). The molecule has 2 aromatic rings. The van der Waals surface area contributed by atoms with Gasteiger partial charge in [-0.25, -0.2) is 14.3 Å². The van der Waals surface area contributed by atoms with Crippen LogP contribution in [0.3, 0.4) is 0 Å². The summed E-state index contributed by atoms with van der Waals surface area (Å²) in [6.45, 7) is 5.40. The molecule has 0 unspecified atom stereocenters. The van der Waals surface area contributed by atoms with Crippen LogP contribution in [0.4, 0.5) is 9.18 Å². The van der Waals surface area contributed by atoms with Crippen LogP contribution in [0.25, 0.3) is 10.8 Å². The van der Waals surface area contributed by atoms with Crippen molar-refractivity contribution in [2.45, 2.75) is 63.8 Å². The maximum atomic E-state index is 15.6. The molecule has 0 radical (unpaired) electrons. The summed E-state index contributed by atoms with van der Waals surface area (Å²) in [6.07, 6.45) is 0.907. The van der Waals surface area contributed by atoms with Crippen LogP contribution in [0.5, 0.6) is 0 Å². The van der Waals surface area contributed by atoms with Crippen LogP contribution in [-0.4, -0.2) is 27.9 Å².